The van der Waals surface area contributed by atoms with Crippen LogP contribution in [0.1, 0.15) is 0 Å². The number of carbonyl (C=O) groups is 1. The van der Waals surface area contributed by atoms with Gasteiger partial charge in [-0.2, -0.15) is 12.6 Å². The van der Waals surface area contributed by atoms with Crippen molar-refractivity contribution in [2.75, 3.05) is 5.75 Å². The first-order chi connectivity index (χ1) is 4.18. The third-order valence-corrected chi connectivity index (χ3v) is 0.907. The van der Waals surface area contributed by atoms with Crippen LogP contribution in [0.4, 0.5) is 0 Å². The van der Waals surface area contributed by atoms with E-state index in [4.69, 9.17) is 20.8 Å². The van der Waals surface area contributed by atoms with E-state index in [-0.39, 0.29) is 5.75 Å². The highest BCUT2D eigenvalue weighted by Gasteiger charge is 2.06. The Hall–Kier alpha value is -0.620. The number of hydrogen-bond donors (Lipinski definition) is 3. The largest absolute Gasteiger partial charge is 0.480 e. The number of carboxylic acid groups (broad SMARTS) is 1. The third kappa shape index (κ3) is 7.38. The van der Waals surface area contributed by atoms with Crippen molar-refractivity contribution in [2.24, 2.45) is 5.73 Å². The van der Waals surface area contributed by atoms with Gasteiger partial charge < -0.3 is 10.8 Å². The zero-order chi connectivity index (χ0) is 7.86. The molecule has 0 fully saturated rings. The molecule has 0 aromatic rings. The van der Waals surface area contributed by atoms with Gasteiger partial charge in [0.2, 0.25) is 0 Å². The van der Waals surface area contributed by atoms with Gasteiger partial charge in [0.15, 0.2) is 0 Å². The fraction of sp³-hybridized carbons (Fsp3) is 0.667. The summed E-state index contributed by atoms with van der Waals surface area (Å²) in [5.41, 5.74) is 4.94. The van der Waals surface area contributed by atoms with Gasteiger partial charge >= 0.3 is 5.97 Å². The molecule has 0 radical (unpaired) electrons. The molecule has 0 amide bonds. The molecule has 0 spiro atoms. The Balaban J connectivity index is 0. The Bertz CT molecular complexity index is 87.9. The normalized spacial score (nSPS) is 10.9. The second-order valence-corrected chi connectivity index (χ2v) is 1.49. The SMILES string of the molecule is NC(CS)C(=O)O.O=O. The summed E-state index contributed by atoms with van der Waals surface area (Å²) in [6, 6.07) is -0.816. The maximum absolute atomic E-state index is 9.76. The molecular weight excluding hydrogens is 146 g/mol. The number of carboxylic acids is 1. The van der Waals surface area contributed by atoms with E-state index in [0.29, 0.717) is 0 Å². The molecule has 0 aromatic heterocycles. The van der Waals surface area contributed by atoms with Crippen LogP contribution in [0, 0.1) is 9.93 Å². The summed E-state index contributed by atoms with van der Waals surface area (Å²) >= 11 is 3.65. The summed E-state index contributed by atoms with van der Waals surface area (Å²) in [5, 5.41) is 8.01. The summed E-state index contributed by atoms with van der Waals surface area (Å²) in [4.78, 5) is 23.8. The zero-order valence-electron chi connectivity index (χ0n) is 4.48. The molecule has 3 N–H and O–H groups in total. The molecule has 1 atom stereocenters. The summed E-state index contributed by atoms with van der Waals surface area (Å²) in [6.45, 7) is 0. The fourth-order valence-corrected chi connectivity index (χ4v) is 0.234. The predicted molar refractivity (Wildman–Crippen MR) is 36.2 cm³/mol. The van der Waals surface area contributed by atoms with Crippen molar-refractivity contribution in [3.8, 4) is 0 Å². The molecule has 0 heterocycles. The first-order valence-corrected chi connectivity index (χ1v) is 2.57. The second kappa shape index (κ2) is 7.38. The smallest absolute Gasteiger partial charge is 0.321 e. The predicted octanol–water partition coefficient (Wildman–Crippen LogP) is -0.605. The van der Waals surface area contributed by atoms with Crippen LogP contribution < -0.4 is 5.73 Å². The van der Waals surface area contributed by atoms with E-state index in [2.05, 4.69) is 12.6 Å². The molecule has 9 heavy (non-hydrogen) atoms. The molecular formula is C3H7NO4S. The Morgan fingerprint density at radius 2 is 2.00 bits per heavy atom. The maximum Gasteiger partial charge on any atom is 0.321 e. The zero-order valence-corrected chi connectivity index (χ0v) is 5.38. The molecule has 1 unspecified atom stereocenters. The summed E-state index contributed by atoms with van der Waals surface area (Å²) in [7, 11) is 0. The Morgan fingerprint density at radius 1 is 1.67 bits per heavy atom. The monoisotopic (exact) mass is 153 g/mol. The molecule has 0 aromatic carbocycles. The van der Waals surface area contributed by atoms with Gasteiger partial charge in [-0.3, -0.25) is 4.79 Å². The van der Waals surface area contributed by atoms with E-state index in [9.17, 15) is 4.79 Å². The molecule has 54 valence electrons. The average Bonchev–Trinajstić information content (AvgIpc) is 1.91. The summed E-state index contributed by atoms with van der Waals surface area (Å²) in [5.74, 6) is -0.815. The quantitative estimate of drug-likeness (QED) is 0.460. The van der Waals surface area contributed by atoms with Crippen molar-refractivity contribution in [3.63, 3.8) is 0 Å². The Morgan fingerprint density at radius 3 is 2.00 bits per heavy atom. The highest BCUT2D eigenvalue weighted by Crippen LogP contribution is 1.80. The van der Waals surface area contributed by atoms with Crippen LogP contribution in [0.2, 0.25) is 0 Å². The number of rotatable bonds is 2. The van der Waals surface area contributed by atoms with E-state index >= 15 is 0 Å². The van der Waals surface area contributed by atoms with Crippen LogP contribution >= 0.6 is 12.6 Å². The molecule has 0 bridgehead atoms. The van der Waals surface area contributed by atoms with E-state index in [1.165, 1.54) is 0 Å². The number of nitrogens with two attached hydrogens (primary N) is 1. The van der Waals surface area contributed by atoms with Gasteiger partial charge in [-0.1, -0.05) is 0 Å². The minimum atomic E-state index is -1.00. The second-order valence-electron chi connectivity index (χ2n) is 1.13. The van der Waals surface area contributed by atoms with E-state index in [1.54, 1.807) is 0 Å². The van der Waals surface area contributed by atoms with Gasteiger partial charge in [-0.05, 0) is 0 Å². The van der Waals surface area contributed by atoms with Crippen molar-refractivity contribution in [1.29, 1.82) is 0 Å². The van der Waals surface area contributed by atoms with Gasteiger partial charge in [0.05, 0.1) is 0 Å². The molecule has 0 saturated heterocycles. The first kappa shape index (κ1) is 11.2. The van der Waals surface area contributed by atoms with Gasteiger partial charge in [-0.15, -0.1) is 0 Å². The van der Waals surface area contributed by atoms with Crippen LogP contribution in [0.25, 0.3) is 0 Å². The van der Waals surface area contributed by atoms with Crippen molar-refractivity contribution in [2.45, 2.75) is 6.04 Å². The minimum absolute atomic E-state index is 0.190. The maximum atomic E-state index is 9.76. The lowest BCUT2D eigenvalue weighted by Gasteiger charge is -1.96. The topological polar surface area (TPSA) is 97.5 Å². The third-order valence-electron chi connectivity index (χ3n) is 0.514. The van der Waals surface area contributed by atoms with Crippen molar-refractivity contribution < 1.29 is 9.90 Å². The highest BCUT2D eigenvalue weighted by atomic mass is 32.1. The lowest BCUT2D eigenvalue weighted by molar-refractivity contribution is -0.137. The van der Waals surface area contributed by atoms with Crippen LogP contribution in [0.15, 0.2) is 0 Å². The molecule has 0 aliphatic heterocycles. The lowest BCUT2D eigenvalue weighted by Crippen LogP contribution is -2.31. The average molecular weight is 153 g/mol. The molecule has 0 aliphatic rings. The summed E-state index contributed by atoms with van der Waals surface area (Å²) < 4.78 is 0. The minimum Gasteiger partial charge on any atom is -0.480 e. The molecule has 6 heteroatoms. The molecule has 5 nitrogen and oxygen atoms in total. The van der Waals surface area contributed by atoms with Gasteiger partial charge in [-0.25, -0.2) is 0 Å². The highest BCUT2D eigenvalue weighted by molar-refractivity contribution is 7.80. The van der Waals surface area contributed by atoms with Crippen LogP contribution in [-0.4, -0.2) is 22.9 Å². The van der Waals surface area contributed by atoms with Gasteiger partial charge in [0, 0.05) is 15.7 Å². The molecule has 0 aliphatic carbocycles. The number of aliphatic carboxylic acids is 1. The van der Waals surface area contributed by atoms with Crippen LogP contribution in [0.3, 0.4) is 0 Å². The van der Waals surface area contributed by atoms with E-state index < -0.39 is 12.0 Å². The molecule has 0 saturated carbocycles. The van der Waals surface area contributed by atoms with Crippen molar-refractivity contribution in [3.05, 3.63) is 9.93 Å². The standard InChI is InChI=1S/C3H7NO2S.O2/c4-2(1-7)3(5)6;1-2/h2,7H,1,4H2,(H,5,6);. The summed E-state index contributed by atoms with van der Waals surface area (Å²) in [6.07, 6.45) is 0. The number of hydrogen-bond acceptors (Lipinski definition) is 5. The number of thiol groups is 1. The Kier molecular flexibility index (Phi) is 9.19. The van der Waals surface area contributed by atoms with E-state index in [0.717, 1.165) is 0 Å². The fourth-order valence-electron chi connectivity index (χ4n) is 0.0781. The molecule has 0 rings (SSSR count). The van der Waals surface area contributed by atoms with Gasteiger partial charge in [0.25, 0.3) is 0 Å². The first-order valence-electron chi connectivity index (χ1n) is 1.94. The van der Waals surface area contributed by atoms with Crippen molar-refractivity contribution in [1.82, 2.24) is 0 Å². The van der Waals surface area contributed by atoms with Crippen LogP contribution in [0.5, 0.6) is 0 Å². The van der Waals surface area contributed by atoms with E-state index in [1.807, 2.05) is 0 Å². The van der Waals surface area contributed by atoms with Gasteiger partial charge in [0.1, 0.15) is 6.04 Å². The Labute approximate surface area is 56.9 Å². The van der Waals surface area contributed by atoms with Crippen molar-refractivity contribution >= 4 is 18.6 Å². The van der Waals surface area contributed by atoms with Crippen LogP contribution in [-0.2, 0) is 4.79 Å². The lowest BCUT2D eigenvalue weighted by atomic mass is 10.4.